The van der Waals surface area contributed by atoms with Gasteiger partial charge in [0.1, 0.15) is 0 Å². The molecule has 0 bridgehead atoms. The number of benzene rings is 2. The zero-order valence-electron chi connectivity index (χ0n) is 46.6. The summed E-state index contributed by atoms with van der Waals surface area (Å²) < 4.78 is 0. The van der Waals surface area contributed by atoms with Crippen LogP contribution in [0, 0.1) is 103 Å². The van der Waals surface area contributed by atoms with Crippen LogP contribution in [0.15, 0.2) is 24.8 Å². The van der Waals surface area contributed by atoms with Crippen molar-refractivity contribution in [2.45, 2.75) is 260 Å². The highest BCUT2D eigenvalue weighted by Gasteiger charge is 2.34. The monoisotopic (exact) mass is 877 g/mol. The minimum Gasteiger partial charge on any atom is -0.0952 e. The molecule has 0 aliphatic heterocycles. The Morgan fingerprint density at radius 3 is 1.28 bits per heavy atom. The van der Waals surface area contributed by atoms with E-state index < -0.39 is 0 Å². The minimum absolute atomic E-state index is 0.383. The highest BCUT2D eigenvalue weighted by molar-refractivity contribution is 5.79. The SMILES string of the molecule is C=C(/C=C(\C)CCCC(C)CCCC(C)CCCC(C)C)c1c(C)c(C)c(C)c(C)c1C.C=C1CC(C)(CCCC(C)CCCC(C)CCCC(C)C)Cc2c(C)c(C)c(C)c(C)c21. The molecule has 0 N–H and O–H groups in total. The molecule has 3 rings (SSSR count). The van der Waals surface area contributed by atoms with Crippen LogP contribution in [0.3, 0.4) is 0 Å². The standard InChI is InChI=1S/2C32H54/c1-22(2)14-11-15-23(3)16-12-17-24(4)18-13-19-32(10)20-25(5)31-29(9)27(7)26(6)28(8)30(31)21-32;1-22(2)15-12-16-23(3)17-13-18-24(4)19-14-20-25(5)21-26(6)32-30(10)28(8)27(7)29(9)31(32)11/h22-24H,5,11-21H2,1-4,6-10H3;21-24H,6,12-20H2,1-5,7-11H3/b;25-21+. The fourth-order valence-electron chi connectivity index (χ4n) is 11.3. The lowest BCUT2D eigenvalue weighted by molar-refractivity contribution is 0.272. The van der Waals surface area contributed by atoms with E-state index in [-0.39, 0.29) is 0 Å². The van der Waals surface area contributed by atoms with Crippen LogP contribution in [0.2, 0.25) is 0 Å². The van der Waals surface area contributed by atoms with E-state index in [9.17, 15) is 0 Å². The molecule has 2 aromatic rings. The minimum atomic E-state index is 0.383. The summed E-state index contributed by atoms with van der Waals surface area (Å²) in [5.74, 6) is 5.25. The Bertz CT molecular complexity index is 1760. The lowest BCUT2D eigenvalue weighted by Gasteiger charge is -2.39. The molecule has 0 nitrogen and oxygen atoms in total. The molecule has 0 saturated heterocycles. The molecular formula is C64H108. The van der Waals surface area contributed by atoms with Crippen molar-refractivity contribution in [2.75, 3.05) is 0 Å². The first-order valence-electron chi connectivity index (χ1n) is 27.1. The summed E-state index contributed by atoms with van der Waals surface area (Å²) in [4.78, 5) is 0. The van der Waals surface area contributed by atoms with E-state index in [1.807, 2.05) is 0 Å². The third-order valence-corrected chi connectivity index (χ3v) is 16.6. The van der Waals surface area contributed by atoms with Crippen molar-refractivity contribution in [3.8, 4) is 0 Å². The van der Waals surface area contributed by atoms with Crippen LogP contribution in [0.25, 0.3) is 11.1 Å². The van der Waals surface area contributed by atoms with Gasteiger partial charge in [0, 0.05) is 0 Å². The van der Waals surface area contributed by atoms with E-state index in [1.165, 1.54) is 206 Å². The Balaban J connectivity index is 0.000000440. The summed E-state index contributed by atoms with van der Waals surface area (Å²) in [7, 11) is 0. The van der Waals surface area contributed by atoms with Crippen LogP contribution in [-0.4, -0.2) is 0 Å². The fourth-order valence-corrected chi connectivity index (χ4v) is 11.3. The summed E-state index contributed by atoms with van der Waals surface area (Å²) >= 11 is 0. The second-order valence-corrected chi connectivity index (χ2v) is 23.9. The molecule has 0 aromatic heterocycles. The Hall–Kier alpha value is -2.34. The van der Waals surface area contributed by atoms with Gasteiger partial charge in [-0.25, -0.2) is 0 Å². The average Bonchev–Trinajstić information content (AvgIpc) is 3.20. The number of fused-ring (bicyclic) bond motifs is 1. The maximum Gasteiger partial charge on any atom is -0.0126 e. The molecule has 0 heteroatoms. The molecule has 1 aliphatic rings. The van der Waals surface area contributed by atoms with Crippen molar-refractivity contribution in [3.63, 3.8) is 0 Å². The van der Waals surface area contributed by atoms with E-state index in [0.29, 0.717) is 5.41 Å². The van der Waals surface area contributed by atoms with Crippen molar-refractivity contribution in [3.05, 3.63) is 91.6 Å². The largest absolute Gasteiger partial charge is 0.0952 e. The quantitative estimate of drug-likeness (QED) is 0.0826. The Kier molecular flexibility index (Phi) is 25.4. The van der Waals surface area contributed by atoms with E-state index >= 15 is 0 Å². The second-order valence-electron chi connectivity index (χ2n) is 23.9. The maximum atomic E-state index is 4.55. The summed E-state index contributed by atoms with van der Waals surface area (Å²) in [6, 6.07) is 0. The van der Waals surface area contributed by atoms with Gasteiger partial charge in [0.2, 0.25) is 0 Å². The van der Waals surface area contributed by atoms with Crippen LogP contribution in [0.1, 0.15) is 258 Å². The predicted molar refractivity (Wildman–Crippen MR) is 293 cm³/mol. The zero-order valence-corrected chi connectivity index (χ0v) is 46.6. The van der Waals surface area contributed by atoms with Gasteiger partial charge in [-0.15, -0.1) is 0 Å². The number of hydrogen-bond acceptors (Lipinski definition) is 0. The van der Waals surface area contributed by atoms with Crippen molar-refractivity contribution in [2.24, 2.45) is 40.9 Å². The smallest absolute Gasteiger partial charge is 0.0126 e. The normalized spacial score (nSPS) is 17.3. The van der Waals surface area contributed by atoms with Crippen molar-refractivity contribution in [1.29, 1.82) is 0 Å². The highest BCUT2D eigenvalue weighted by Crippen LogP contribution is 2.47. The molecule has 0 spiro atoms. The third kappa shape index (κ3) is 18.7. The lowest BCUT2D eigenvalue weighted by atomic mass is 9.66. The first-order valence-corrected chi connectivity index (χ1v) is 27.1. The van der Waals surface area contributed by atoms with E-state index in [0.717, 1.165) is 35.5 Å². The van der Waals surface area contributed by atoms with Crippen molar-refractivity contribution in [1.82, 2.24) is 0 Å². The summed E-state index contributed by atoms with van der Waals surface area (Å²) in [5, 5.41) is 0. The first kappa shape index (κ1) is 57.8. The van der Waals surface area contributed by atoms with E-state index in [4.69, 9.17) is 0 Å². The Morgan fingerprint density at radius 1 is 0.484 bits per heavy atom. The molecule has 0 amide bonds. The van der Waals surface area contributed by atoms with Gasteiger partial charge in [0.15, 0.2) is 0 Å². The molecule has 2 aromatic carbocycles. The van der Waals surface area contributed by atoms with E-state index in [1.54, 1.807) is 5.56 Å². The number of hydrogen-bond donors (Lipinski definition) is 0. The lowest BCUT2D eigenvalue weighted by Crippen LogP contribution is -2.27. The van der Waals surface area contributed by atoms with Gasteiger partial charge >= 0.3 is 0 Å². The molecule has 64 heavy (non-hydrogen) atoms. The molecule has 0 saturated carbocycles. The Labute approximate surface area is 401 Å². The van der Waals surface area contributed by atoms with E-state index in [2.05, 4.69) is 151 Å². The third-order valence-electron chi connectivity index (χ3n) is 16.6. The summed E-state index contributed by atoms with van der Waals surface area (Å²) in [5.41, 5.74) is 21.9. The first-order chi connectivity index (χ1) is 29.9. The molecule has 364 valence electrons. The van der Waals surface area contributed by atoms with Gasteiger partial charge in [-0.3, -0.25) is 0 Å². The van der Waals surface area contributed by atoms with Gasteiger partial charge in [0.25, 0.3) is 0 Å². The van der Waals surface area contributed by atoms with Gasteiger partial charge in [-0.2, -0.15) is 0 Å². The summed E-state index contributed by atoms with van der Waals surface area (Å²) in [6.07, 6.45) is 29.6. The van der Waals surface area contributed by atoms with Crippen LogP contribution < -0.4 is 0 Å². The highest BCUT2D eigenvalue weighted by atomic mass is 14.4. The van der Waals surface area contributed by atoms with Crippen LogP contribution >= 0.6 is 0 Å². The zero-order chi connectivity index (χ0) is 48.5. The molecule has 0 fully saturated rings. The second kappa shape index (κ2) is 28.1. The molecule has 1 aliphatic carbocycles. The van der Waals surface area contributed by atoms with Crippen LogP contribution in [-0.2, 0) is 6.42 Å². The molecular weight excluding hydrogens is 769 g/mol. The molecule has 0 heterocycles. The van der Waals surface area contributed by atoms with Gasteiger partial charge < -0.3 is 0 Å². The molecule has 0 radical (unpaired) electrons. The van der Waals surface area contributed by atoms with Gasteiger partial charge in [0.05, 0.1) is 0 Å². The predicted octanol–water partition coefficient (Wildman–Crippen LogP) is 21.0. The number of allylic oxidation sites excluding steroid dienone is 4. The molecule has 5 unspecified atom stereocenters. The fraction of sp³-hybridized carbons (Fsp3) is 0.719. The average molecular weight is 878 g/mol. The number of rotatable bonds is 26. The molecule has 5 atom stereocenters. The Morgan fingerprint density at radius 2 is 0.844 bits per heavy atom. The van der Waals surface area contributed by atoms with Crippen molar-refractivity contribution < 1.29 is 0 Å². The van der Waals surface area contributed by atoms with Gasteiger partial charge in [-0.05, 0) is 220 Å². The maximum absolute atomic E-state index is 4.55. The van der Waals surface area contributed by atoms with Crippen LogP contribution in [0.4, 0.5) is 0 Å². The van der Waals surface area contributed by atoms with Crippen molar-refractivity contribution >= 4 is 11.1 Å². The van der Waals surface area contributed by atoms with Crippen LogP contribution in [0.5, 0.6) is 0 Å². The van der Waals surface area contributed by atoms with Gasteiger partial charge in [-0.1, -0.05) is 183 Å². The topological polar surface area (TPSA) is 0 Å². The summed E-state index contributed by atoms with van der Waals surface area (Å²) in [6.45, 7) is 53.5.